The molecule has 2 aliphatic rings. The van der Waals surface area contributed by atoms with Crippen LogP contribution in [0.1, 0.15) is 12.8 Å². The first-order valence-corrected chi connectivity index (χ1v) is 5.19. The molecular formula is C6H9O5P. The summed E-state index contributed by atoms with van der Waals surface area (Å²) in [5, 5.41) is 0. The molecule has 0 spiro atoms. The van der Waals surface area contributed by atoms with E-state index in [4.69, 9.17) is 4.52 Å². The van der Waals surface area contributed by atoms with Crippen LogP contribution < -0.4 is 0 Å². The first-order chi connectivity index (χ1) is 5.75. The van der Waals surface area contributed by atoms with Crippen LogP contribution in [0.2, 0.25) is 0 Å². The van der Waals surface area contributed by atoms with E-state index >= 15 is 0 Å². The van der Waals surface area contributed by atoms with Crippen molar-refractivity contribution in [2.75, 3.05) is 6.61 Å². The Balaban J connectivity index is 1.82. The number of cyclic esters (lactones) is 2. The maximum Gasteiger partial charge on any atom is 0.509 e. The summed E-state index contributed by atoms with van der Waals surface area (Å²) in [5.74, 6) is -0.664. The Labute approximate surface area is 69.8 Å². The molecule has 1 saturated heterocycles. The van der Waals surface area contributed by atoms with Gasteiger partial charge in [0.15, 0.2) is 0 Å². The van der Waals surface area contributed by atoms with Crippen LogP contribution in [-0.2, 0) is 18.6 Å². The lowest BCUT2D eigenvalue weighted by Gasteiger charge is -2.05. The molecule has 2 fully saturated rings. The fraction of sp³-hybridized carbons (Fsp3) is 0.833. The lowest BCUT2D eigenvalue weighted by Crippen LogP contribution is -2.05. The maximum absolute atomic E-state index is 11.2. The topological polar surface area (TPSA) is 61.8 Å². The normalized spacial score (nSPS) is 31.0. The molecule has 0 aromatic rings. The molecule has 2 atom stereocenters. The Morgan fingerprint density at radius 3 is 2.75 bits per heavy atom. The zero-order chi connectivity index (χ0) is 8.55. The number of rotatable bonds is 3. The molecule has 0 amide bonds. The molecule has 12 heavy (non-hydrogen) atoms. The van der Waals surface area contributed by atoms with Gasteiger partial charge in [0, 0.05) is 0 Å². The summed E-state index contributed by atoms with van der Waals surface area (Å²) < 4.78 is 25.4. The summed E-state index contributed by atoms with van der Waals surface area (Å²) in [4.78, 5) is 10.4. The summed E-state index contributed by atoms with van der Waals surface area (Å²) in [6.45, 7) is 0.0589. The van der Waals surface area contributed by atoms with Crippen molar-refractivity contribution in [1.82, 2.24) is 0 Å². The number of carbonyl (C=O) groups is 1. The van der Waals surface area contributed by atoms with Crippen molar-refractivity contribution >= 4 is 14.2 Å². The van der Waals surface area contributed by atoms with Crippen LogP contribution in [0.25, 0.3) is 0 Å². The van der Waals surface area contributed by atoms with E-state index in [-0.39, 0.29) is 12.7 Å². The first-order valence-electron chi connectivity index (χ1n) is 3.79. The molecule has 1 aliphatic heterocycles. The lowest BCUT2D eigenvalue weighted by atomic mass is 10.8. The van der Waals surface area contributed by atoms with Gasteiger partial charge in [0.1, 0.15) is 6.61 Å². The van der Waals surface area contributed by atoms with Crippen molar-refractivity contribution < 1.29 is 23.4 Å². The van der Waals surface area contributed by atoms with Crippen molar-refractivity contribution in [1.29, 1.82) is 0 Å². The quantitative estimate of drug-likeness (QED) is 0.495. The maximum atomic E-state index is 11.2. The largest absolute Gasteiger partial charge is 0.509 e. The van der Waals surface area contributed by atoms with Gasteiger partial charge in [0.2, 0.25) is 13.9 Å². The van der Waals surface area contributed by atoms with E-state index in [1.807, 2.05) is 0 Å². The van der Waals surface area contributed by atoms with Crippen LogP contribution in [-0.4, -0.2) is 24.7 Å². The van der Waals surface area contributed by atoms with Gasteiger partial charge in [-0.3, -0.25) is 4.57 Å². The van der Waals surface area contributed by atoms with Crippen LogP contribution in [0.4, 0.5) is 4.79 Å². The molecule has 0 N–H and O–H groups in total. The predicted octanol–water partition coefficient (Wildman–Crippen LogP) is 1.13. The highest BCUT2D eigenvalue weighted by atomic mass is 31.1. The van der Waals surface area contributed by atoms with E-state index < -0.39 is 20.0 Å². The molecular weight excluding hydrogens is 183 g/mol. The Hall–Kier alpha value is -0.540. The van der Waals surface area contributed by atoms with Gasteiger partial charge in [-0.25, -0.2) is 4.79 Å². The van der Waals surface area contributed by atoms with E-state index in [1.165, 1.54) is 0 Å². The van der Waals surface area contributed by atoms with Gasteiger partial charge in [-0.15, -0.1) is 0 Å². The van der Waals surface area contributed by atoms with Crippen molar-refractivity contribution in [3.05, 3.63) is 0 Å². The highest BCUT2D eigenvalue weighted by molar-refractivity contribution is 7.39. The molecule has 0 aromatic carbocycles. The van der Waals surface area contributed by atoms with Gasteiger partial charge in [-0.05, 0) is 12.8 Å². The summed E-state index contributed by atoms with van der Waals surface area (Å²) in [7, 11) is -2.25. The number of hydrogen-bond acceptors (Lipinski definition) is 5. The van der Waals surface area contributed by atoms with E-state index in [0.29, 0.717) is 0 Å². The van der Waals surface area contributed by atoms with Gasteiger partial charge < -0.3 is 14.0 Å². The average Bonchev–Trinajstić information content (AvgIpc) is 2.72. The second-order valence-electron chi connectivity index (χ2n) is 2.80. The molecule has 2 unspecified atom stereocenters. The van der Waals surface area contributed by atoms with Gasteiger partial charge >= 0.3 is 6.16 Å². The van der Waals surface area contributed by atoms with Crippen molar-refractivity contribution in [3.8, 4) is 0 Å². The Morgan fingerprint density at radius 1 is 1.50 bits per heavy atom. The average molecular weight is 192 g/mol. The third-order valence-electron chi connectivity index (χ3n) is 1.66. The number of hydrogen-bond donors (Lipinski definition) is 0. The molecule has 1 heterocycles. The molecule has 68 valence electrons. The molecule has 0 radical (unpaired) electrons. The second kappa shape index (κ2) is 3.07. The Bertz CT molecular complexity index is 224. The molecule has 2 rings (SSSR count). The molecule has 1 saturated carbocycles. The third-order valence-corrected chi connectivity index (χ3v) is 3.04. The van der Waals surface area contributed by atoms with Crippen molar-refractivity contribution in [3.63, 3.8) is 0 Å². The van der Waals surface area contributed by atoms with Gasteiger partial charge in [-0.2, -0.15) is 0 Å². The zero-order valence-electron chi connectivity index (χ0n) is 6.32. The van der Waals surface area contributed by atoms with Crippen LogP contribution in [0.3, 0.4) is 0 Å². The van der Waals surface area contributed by atoms with Crippen molar-refractivity contribution in [2.24, 2.45) is 0 Å². The standard InChI is InChI=1S/C6H9O5P/c7-6-9-3-5(10-6)12(8)11-4-1-2-4/h4-5,12H,1-3H2. The lowest BCUT2D eigenvalue weighted by molar-refractivity contribution is 0.126. The van der Waals surface area contributed by atoms with Crippen LogP contribution in [0.5, 0.6) is 0 Å². The molecule has 5 nitrogen and oxygen atoms in total. The van der Waals surface area contributed by atoms with Crippen LogP contribution in [0.15, 0.2) is 0 Å². The predicted molar refractivity (Wildman–Crippen MR) is 39.3 cm³/mol. The summed E-state index contributed by atoms with van der Waals surface area (Å²) in [6, 6.07) is 0. The zero-order valence-corrected chi connectivity index (χ0v) is 7.32. The first kappa shape index (κ1) is 8.08. The minimum Gasteiger partial charge on any atom is -0.430 e. The van der Waals surface area contributed by atoms with Crippen LogP contribution >= 0.6 is 8.03 Å². The monoisotopic (exact) mass is 192 g/mol. The minimum atomic E-state index is -2.25. The Kier molecular flexibility index (Phi) is 2.07. The third kappa shape index (κ3) is 1.79. The summed E-state index contributed by atoms with van der Waals surface area (Å²) >= 11 is 0. The van der Waals surface area contributed by atoms with E-state index in [1.54, 1.807) is 0 Å². The fourth-order valence-corrected chi connectivity index (χ4v) is 2.00. The van der Waals surface area contributed by atoms with Crippen molar-refractivity contribution in [2.45, 2.75) is 24.8 Å². The summed E-state index contributed by atoms with van der Waals surface area (Å²) in [5.41, 5.74) is 0. The highest BCUT2D eigenvalue weighted by Crippen LogP contribution is 2.40. The molecule has 1 aliphatic carbocycles. The smallest absolute Gasteiger partial charge is 0.430 e. The van der Waals surface area contributed by atoms with Gasteiger partial charge in [-0.1, -0.05) is 0 Å². The number of ether oxygens (including phenoxy) is 2. The number of carbonyl (C=O) groups excluding carboxylic acids is 1. The second-order valence-corrected chi connectivity index (χ2v) is 4.32. The van der Waals surface area contributed by atoms with Crippen LogP contribution in [0, 0.1) is 0 Å². The SMILES string of the molecule is O=C1OCC([PH](=O)OC2CC2)O1. The molecule has 0 aromatic heterocycles. The van der Waals surface area contributed by atoms with Gasteiger partial charge in [0.25, 0.3) is 0 Å². The summed E-state index contributed by atoms with van der Waals surface area (Å²) in [6.07, 6.45) is 1.28. The Morgan fingerprint density at radius 2 is 2.25 bits per heavy atom. The highest BCUT2D eigenvalue weighted by Gasteiger charge is 2.34. The van der Waals surface area contributed by atoms with E-state index in [2.05, 4.69) is 9.47 Å². The molecule has 6 heteroatoms. The minimum absolute atomic E-state index is 0.0589. The van der Waals surface area contributed by atoms with E-state index in [9.17, 15) is 9.36 Å². The van der Waals surface area contributed by atoms with E-state index in [0.717, 1.165) is 12.8 Å². The fourth-order valence-electron chi connectivity index (χ4n) is 0.870. The molecule has 0 bridgehead atoms. The van der Waals surface area contributed by atoms with Gasteiger partial charge in [0.05, 0.1) is 6.10 Å².